The van der Waals surface area contributed by atoms with Gasteiger partial charge < -0.3 is 5.73 Å². The van der Waals surface area contributed by atoms with Gasteiger partial charge >= 0.3 is 26.2 Å². The molecule has 7 rings (SSSR count). The summed E-state index contributed by atoms with van der Waals surface area (Å²) < 4.78 is 0. The third kappa shape index (κ3) is 8.74. The minimum atomic E-state index is -0.0249. The van der Waals surface area contributed by atoms with Gasteiger partial charge in [0.25, 0.3) is 0 Å². The first-order valence-corrected chi connectivity index (χ1v) is 16.6. The molecule has 3 unspecified atom stereocenters. The zero-order valence-corrected chi connectivity index (χ0v) is 28.9. The van der Waals surface area contributed by atoms with E-state index in [9.17, 15) is 0 Å². The van der Waals surface area contributed by atoms with Gasteiger partial charge in [0.15, 0.2) is 0 Å². The first kappa shape index (κ1) is 33.2. The molecule has 0 spiro atoms. The maximum atomic E-state index is 8.46. The van der Waals surface area contributed by atoms with Crippen LogP contribution in [0.25, 0.3) is 16.9 Å². The molecule has 5 aliphatic carbocycles. The number of nitrogens with one attached hydrogen (secondary N) is 1. The van der Waals surface area contributed by atoms with E-state index in [1.807, 2.05) is 12.1 Å². The van der Waals surface area contributed by atoms with E-state index in [0.717, 1.165) is 15.4 Å². The minimum Gasteiger partial charge on any atom is -0.672 e. The molecule has 0 saturated heterocycles. The van der Waals surface area contributed by atoms with Gasteiger partial charge in [-0.2, -0.15) is 11.1 Å². The fourth-order valence-corrected chi connectivity index (χ4v) is 7.87. The van der Waals surface area contributed by atoms with Crippen LogP contribution in [0.4, 0.5) is 0 Å². The van der Waals surface area contributed by atoms with Crippen molar-refractivity contribution in [2.45, 2.75) is 98.7 Å². The van der Waals surface area contributed by atoms with Crippen LogP contribution in [0.1, 0.15) is 80.1 Å². The third-order valence-electron chi connectivity index (χ3n) is 8.74. The molecule has 0 amide bonds. The molecule has 5 aliphatic rings. The summed E-state index contributed by atoms with van der Waals surface area (Å²) in [5.41, 5.74) is 16.3. The standard InChI is InChI=1S/C12H20N.C12H10.C9H13.C2H7Si.Zr/c1-10-3-9-4-11(2,6-10)8-12(13,5-9)7-10;1-3-7-11(8-4-1)12-9-5-2-6-10-12;1-6-5-7(2)9(4)8(6)3;1-3-2;/h9,13H,3-8H2,1-2H3;1-10H;6H,1-4H3;3H,1-2H3;/q-1;;-1;;+2. The van der Waals surface area contributed by atoms with E-state index in [1.54, 1.807) is 0 Å². The Morgan fingerprint density at radius 3 is 1.45 bits per heavy atom. The predicted octanol–water partition coefficient (Wildman–Crippen LogP) is 10.4. The van der Waals surface area contributed by atoms with Gasteiger partial charge in [0.1, 0.15) is 0 Å². The molecule has 3 heteroatoms. The van der Waals surface area contributed by atoms with Crippen molar-refractivity contribution >= 4 is 9.52 Å². The molecule has 0 aromatic heterocycles. The quantitative estimate of drug-likeness (QED) is 0.229. The second-order valence-electron chi connectivity index (χ2n) is 13.0. The maximum absolute atomic E-state index is 8.46. The second-order valence-corrected chi connectivity index (χ2v) is 14.2. The van der Waals surface area contributed by atoms with Crippen LogP contribution in [-0.4, -0.2) is 15.1 Å². The van der Waals surface area contributed by atoms with Crippen molar-refractivity contribution in [1.29, 1.82) is 0 Å². The summed E-state index contributed by atoms with van der Waals surface area (Å²) in [6.07, 6.45) is 11.2. The summed E-state index contributed by atoms with van der Waals surface area (Å²) in [5, 5.41) is 0. The fraction of sp³-hybridized carbons (Fsp3) is 0.543. The Morgan fingerprint density at radius 2 is 1.18 bits per heavy atom. The molecule has 38 heavy (non-hydrogen) atoms. The number of benzene rings is 2. The first-order chi connectivity index (χ1) is 17.4. The van der Waals surface area contributed by atoms with Gasteiger partial charge in [-0.15, -0.1) is 12.5 Å². The van der Waals surface area contributed by atoms with Crippen LogP contribution < -0.4 is 0 Å². The molecule has 2 aromatic carbocycles. The largest absolute Gasteiger partial charge is 2.00 e. The van der Waals surface area contributed by atoms with Crippen molar-refractivity contribution in [3.05, 3.63) is 89.2 Å². The van der Waals surface area contributed by atoms with Crippen molar-refractivity contribution in [2.24, 2.45) is 22.7 Å². The van der Waals surface area contributed by atoms with Gasteiger partial charge in [0.2, 0.25) is 0 Å². The number of rotatable bonds is 1. The molecule has 0 aliphatic heterocycles. The van der Waals surface area contributed by atoms with Gasteiger partial charge in [-0.05, 0) is 47.1 Å². The SMILES string of the molecule is CC12CC3CC(C)(C1)CC([NH-])(C3)C2.CC1=[C-]C(C)C(C)=C1C.C[SiH]C.[Zr+2].c1ccc(-c2ccccc2)cc1. The van der Waals surface area contributed by atoms with E-state index in [-0.39, 0.29) is 31.7 Å². The monoisotopic (exact) mass is 602 g/mol. The molecule has 4 saturated carbocycles. The van der Waals surface area contributed by atoms with Crippen LogP contribution in [0.5, 0.6) is 0 Å². The topological polar surface area (TPSA) is 23.8 Å². The van der Waals surface area contributed by atoms with E-state index in [4.69, 9.17) is 5.73 Å². The summed E-state index contributed by atoms with van der Waals surface area (Å²) in [5.74, 6) is 1.45. The Hall–Kier alpha value is -1.02. The van der Waals surface area contributed by atoms with E-state index in [1.165, 1.54) is 66.4 Å². The van der Waals surface area contributed by atoms with Gasteiger partial charge in [-0.1, -0.05) is 134 Å². The molecule has 3 atom stereocenters. The van der Waals surface area contributed by atoms with Crippen molar-refractivity contribution in [1.82, 2.24) is 0 Å². The van der Waals surface area contributed by atoms with Crippen molar-refractivity contribution < 1.29 is 26.2 Å². The van der Waals surface area contributed by atoms with Gasteiger partial charge in [-0.25, -0.2) is 5.57 Å². The average Bonchev–Trinajstić information content (AvgIpc) is 3.04. The molecule has 0 heterocycles. The van der Waals surface area contributed by atoms with E-state index >= 15 is 0 Å². The Morgan fingerprint density at radius 1 is 0.763 bits per heavy atom. The van der Waals surface area contributed by atoms with Crippen molar-refractivity contribution in [3.8, 4) is 11.1 Å². The zero-order valence-electron chi connectivity index (χ0n) is 25.2. The molecule has 1 radical (unpaired) electrons. The Balaban J connectivity index is 0.000000191. The summed E-state index contributed by atoms with van der Waals surface area (Å²) in [6.45, 7) is 17.9. The first-order valence-electron chi connectivity index (χ1n) is 14.3. The molecule has 1 N–H and O–H groups in total. The number of allylic oxidation sites excluding steroid dienone is 4. The van der Waals surface area contributed by atoms with Crippen LogP contribution in [0, 0.1) is 28.7 Å². The van der Waals surface area contributed by atoms with Crippen molar-refractivity contribution in [2.75, 3.05) is 0 Å². The van der Waals surface area contributed by atoms with Crippen LogP contribution >= 0.6 is 0 Å². The van der Waals surface area contributed by atoms with Crippen LogP contribution in [0.2, 0.25) is 13.1 Å². The molecule has 4 fully saturated rings. The van der Waals surface area contributed by atoms with E-state index in [2.05, 4.69) is 109 Å². The van der Waals surface area contributed by atoms with E-state index < -0.39 is 0 Å². The number of hydrogen-bond donors (Lipinski definition) is 0. The Bertz CT molecular complexity index is 985. The number of hydrogen-bond acceptors (Lipinski definition) is 0. The second kappa shape index (κ2) is 14.0. The summed E-state index contributed by atoms with van der Waals surface area (Å²) in [6, 6.07) is 20.8. The third-order valence-corrected chi connectivity index (χ3v) is 8.74. The van der Waals surface area contributed by atoms with Crippen LogP contribution in [0.15, 0.2) is 77.4 Å². The Labute approximate surface area is 256 Å². The molecule has 203 valence electrons. The van der Waals surface area contributed by atoms with Gasteiger partial charge in [-0.3, -0.25) is 6.08 Å². The van der Waals surface area contributed by atoms with Crippen LogP contribution in [0.3, 0.4) is 0 Å². The zero-order chi connectivity index (χ0) is 27.3. The van der Waals surface area contributed by atoms with E-state index in [0.29, 0.717) is 16.7 Å². The molecule has 4 bridgehead atoms. The summed E-state index contributed by atoms with van der Waals surface area (Å²) in [7, 11) is 0.750. The average molecular weight is 604 g/mol. The predicted molar refractivity (Wildman–Crippen MR) is 165 cm³/mol. The smallest absolute Gasteiger partial charge is 0.672 e. The van der Waals surface area contributed by atoms with Crippen molar-refractivity contribution in [3.63, 3.8) is 0 Å². The molecular formula is C35H50NSiZr. The Kier molecular flexibility index (Phi) is 12.3. The minimum absolute atomic E-state index is 0. The van der Waals surface area contributed by atoms with Gasteiger partial charge in [0.05, 0.1) is 0 Å². The summed E-state index contributed by atoms with van der Waals surface area (Å²) in [4.78, 5) is 0. The normalized spacial score (nSPS) is 32.0. The fourth-order valence-electron chi connectivity index (χ4n) is 7.87. The molecular weight excluding hydrogens is 554 g/mol. The van der Waals surface area contributed by atoms with Gasteiger partial charge in [0, 0.05) is 9.52 Å². The summed E-state index contributed by atoms with van der Waals surface area (Å²) >= 11 is 0. The maximum Gasteiger partial charge on any atom is 2.00 e. The molecule has 2 aromatic rings. The van der Waals surface area contributed by atoms with Crippen LogP contribution in [-0.2, 0) is 26.2 Å². The molecule has 1 nitrogen and oxygen atoms in total.